The minimum Gasteiger partial charge on any atom is -0.435 e. The van der Waals surface area contributed by atoms with Gasteiger partial charge in [-0.15, -0.1) is 0 Å². The maximum absolute atomic E-state index is 12.5. The number of hydrogen-bond acceptors (Lipinski definition) is 5. The van der Waals surface area contributed by atoms with Crippen molar-refractivity contribution in [1.29, 1.82) is 5.26 Å². The highest BCUT2D eigenvalue weighted by molar-refractivity contribution is 5.95. The van der Waals surface area contributed by atoms with Crippen LogP contribution in [0.25, 0.3) is 10.9 Å². The van der Waals surface area contributed by atoms with Crippen molar-refractivity contribution in [2.24, 2.45) is 0 Å². The Morgan fingerprint density at radius 2 is 2.30 bits per heavy atom. The van der Waals surface area contributed by atoms with Gasteiger partial charge in [0.05, 0.1) is 29.5 Å². The maximum atomic E-state index is 12.5. The van der Waals surface area contributed by atoms with E-state index in [1.165, 1.54) is 18.3 Å². The van der Waals surface area contributed by atoms with Gasteiger partial charge in [-0.1, -0.05) is 0 Å². The van der Waals surface area contributed by atoms with Gasteiger partial charge in [0.15, 0.2) is 0 Å². The van der Waals surface area contributed by atoms with Crippen molar-refractivity contribution in [1.82, 2.24) is 4.98 Å². The molecule has 1 atom stereocenters. The van der Waals surface area contributed by atoms with Crippen molar-refractivity contribution in [3.8, 4) is 11.8 Å². The molecule has 0 aliphatic carbocycles. The molecule has 5 nitrogen and oxygen atoms in total. The monoisotopic (exact) mass is 319 g/mol. The molecule has 1 saturated heterocycles. The van der Waals surface area contributed by atoms with Crippen molar-refractivity contribution in [2.75, 3.05) is 24.6 Å². The number of halogens is 2. The van der Waals surface area contributed by atoms with Crippen LogP contribution in [0.5, 0.6) is 5.75 Å². The van der Waals surface area contributed by atoms with Gasteiger partial charge in [0.2, 0.25) is 0 Å². The molecule has 0 unspecified atom stereocenters. The van der Waals surface area contributed by atoms with Crippen LogP contribution in [0.15, 0.2) is 24.4 Å². The van der Waals surface area contributed by atoms with Crippen LogP contribution in [-0.4, -0.2) is 37.4 Å². The zero-order valence-corrected chi connectivity index (χ0v) is 12.5. The van der Waals surface area contributed by atoms with Gasteiger partial charge in [-0.2, -0.15) is 14.0 Å². The van der Waals surface area contributed by atoms with Gasteiger partial charge in [-0.05, 0) is 25.1 Å². The number of aromatic nitrogens is 1. The predicted octanol–water partition coefficient (Wildman–Crippen LogP) is 2.93. The second-order valence-corrected chi connectivity index (χ2v) is 5.32. The molecule has 0 N–H and O–H groups in total. The molecule has 1 aliphatic heterocycles. The zero-order chi connectivity index (χ0) is 16.4. The Hall–Kier alpha value is -2.46. The van der Waals surface area contributed by atoms with Gasteiger partial charge in [0, 0.05) is 24.7 Å². The molecule has 0 saturated carbocycles. The maximum Gasteiger partial charge on any atom is 0.387 e. The lowest BCUT2D eigenvalue weighted by atomic mass is 10.1. The first-order valence-electron chi connectivity index (χ1n) is 7.22. The van der Waals surface area contributed by atoms with E-state index in [0.29, 0.717) is 41.9 Å². The highest BCUT2D eigenvalue weighted by Crippen LogP contribution is 2.33. The number of hydrogen-bond donors (Lipinski definition) is 0. The second kappa shape index (κ2) is 6.34. The lowest BCUT2D eigenvalue weighted by Crippen LogP contribution is -2.41. The van der Waals surface area contributed by atoms with Crippen LogP contribution in [0.3, 0.4) is 0 Å². The Bertz CT molecular complexity index is 761. The van der Waals surface area contributed by atoms with Crippen molar-refractivity contribution in [3.05, 3.63) is 30.0 Å². The summed E-state index contributed by atoms with van der Waals surface area (Å²) < 4.78 is 34.9. The second-order valence-electron chi connectivity index (χ2n) is 5.32. The largest absolute Gasteiger partial charge is 0.435 e. The van der Waals surface area contributed by atoms with E-state index in [9.17, 15) is 14.0 Å². The van der Waals surface area contributed by atoms with Crippen molar-refractivity contribution < 1.29 is 18.3 Å². The molecule has 1 fully saturated rings. The summed E-state index contributed by atoms with van der Waals surface area (Å²) >= 11 is 0. The number of fused-ring (bicyclic) bond motifs is 1. The first kappa shape index (κ1) is 15.4. The van der Waals surface area contributed by atoms with Gasteiger partial charge < -0.3 is 14.4 Å². The van der Waals surface area contributed by atoms with Crippen LogP contribution in [0, 0.1) is 11.3 Å². The molecular weight excluding hydrogens is 304 g/mol. The third-order valence-electron chi connectivity index (χ3n) is 3.71. The highest BCUT2D eigenvalue weighted by Gasteiger charge is 2.22. The molecule has 0 radical (unpaired) electrons. The van der Waals surface area contributed by atoms with Gasteiger partial charge in [-0.25, -0.2) is 0 Å². The molecule has 120 valence electrons. The standard InChI is InChI=1S/C16H15F2N3O2/c1-10-9-21(4-5-22-10)15-11(7-19)8-20-14-3-2-12(6-13(14)15)23-16(17)18/h2-3,6,8,10,16H,4-5,9H2,1H3/t10-/m1/s1. The summed E-state index contributed by atoms with van der Waals surface area (Å²) in [5, 5.41) is 10.0. The number of ether oxygens (including phenoxy) is 2. The molecule has 2 heterocycles. The number of rotatable bonds is 3. The molecule has 0 bridgehead atoms. The van der Waals surface area contributed by atoms with Crippen molar-refractivity contribution in [2.45, 2.75) is 19.6 Å². The van der Waals surface area contributed by atoms with Gasteiger partial charge >= 0.3 is 6.61 Å². The summed E-state index contributed by atoms with van der Waals surface area (Å²) in [7, 11) is 0. The van der Waals surface area contributed by atoms with E-state index in [0.717, 1.165) is 0 Å². The molecule has 1 aliphatic rings. The summed E-state index contributed by atoms with van der Waals surface area (Å²) in [6.07, 6.45) is 1.53. The Balaban J connectivity index is 2.13. The number of alkyl halides is 2. The van der Waals surface area contributed by atoms with E-state index in [1.54, 1.807) is 6.07 Å². The fraction of sp³-hybridized carbons (Fsp3) is 0.375. The van der Waals surface area contributed by atoms with Crippen LogP contribution in [0.2, 0.25) is 0 Å². The molecule has 23 heavy (non-hydrogen) atoms. The Morgan fingerprint density at radius 1 is 1.48 bits per heavy atom. The van der Waals surface area contributed by atoms with Gasteiger partial charge in [-0.3, -0.25) is 4.98 Å². The van der Waals surface area contributed by atoms with Gasteiger partial charge in [0.1, 0.15) is 11.8 Å². The van der Waals surface area contributed by atoms with Crippen LogP contribution < -0.4 is 9.64 Å². The molecule has 0 spiro atoms. The number of benzene rings is 1. The average Bonchev–Trinajstić information content (AvgIpc) is 2.53. The number of nitrogens with zero attached hydrogens (tertiary/aromatic N) is 3. The third kappa shape index (κ3) is 3.17. The van der Waals surface area contributed by atoms with E-state index in [-0.39, 0.29) is 11.9 Å². The SMILES string of the molecule is C[C@@H]1CN(c2c(C#N)cnc3ccc(OC(F)F)cc23)CCO1. The first-order chi connectivity index (χ1) is 11.1. The number of morpholine rings is 1. The average molecular weight is 319 g/mol. The van der Waals surface area contributed by atoms with E-state index in [2.05, 4.69) is 15.8 Å². The zero-order valence-electron chi connectivity index (χ0n) is 12.5. The van der Waals surface area contributed by atoms with Crippen molar-refractivity contribution in [3.63, 3.8) is 0 Å². The van der Waals surface area contributed by atoms with E-state index in [1.807, 2.05) is 11.8 Å². The molecule has 2 aromatic rings. The highest BCUT2D eigenvalue weighted by atomic mass is 19.3. The van der Waals surface area contributed by atoms with Crippen LogP contribution in [0.4, 0.5) is 14.5 Å². The molecule has 0 amide bonds. The molecule has 7 heteroatoms. The first-order valence-corrected chi connectivity index (χ1v) is 7.22. The van der Waals surface area contributed by atoms with E-state index < -0.39 is 6.61 Å². The normalized spacial score (nSPS) is 18.2. The molecule has 1 aromatic heterocycles. The summed E-state index contributed by atoms with van der Waals surface area (Å²) in [6.45, 7) is 0.841. The minimum absolute atomic E-state index is 0.0269. The summed E-state index contributed by atoms with van der Waals surface area (Å²) in [4.78, 5) is 6.25. The molecular formula is C16H15F2N3O2. The number of anilines is 1. The lowest BCUT2D eigenvalue weighted by Gasteiger charge is -2.34. The molecule has 1 aromatic carbocycles. The fourth-order valence-corrected chi connectivity index (χ4v) is 2.78. The van der Waals surface area contributed by atoms with E-state index in [4.69, 9.17) is 4.74 Å². The third-order valence-corrected chi connectivity index (χ3v) is 3.71. The van der Waals surface area contributed by atoms with Crippen LogP contribution in [-0.2, 0) is 4.74 Å². The summed E-state index contributed by atoms with van der Waals surface area (Å²) in [5.41, 5.74) is 1.72. The van der Waals surface area contributed by atoms with Crippen molar-refractivity contribution >= 4 is 16.6 Å². The number of nitriles is 1. The Kier molecular flexibility index (Phi) is 4.26. The quantitative estimate of drug-likeness (QED) is 0.870. The van der Waals surface area contributed by atoms with E-state index >= 15 is 0 Å². The molecule has 3 rings (SSSR count). The Labute approximate surface area is 132 Å². The summed E-state index contributed by atoms with van der Waals surface area (Å²) in [5.74, 6) is 0.0481. The van der Waals surface area contributed by atoms with Crippen LogP contribution in [0.1, 0.15) is 12.5 Å². The van der Waals surface area contributed by atoms with Crippen LogP contribution >= 0.6 is 0 Å². The smallest absolute Gasteiger partial charge is 0.387 e. The fourth-order valence-electron chi connectivity index (χ4n) is 2.78. The minimum atomic E-state index is -2.90. The Morgan fingerprint density at radius 3 is 3.00 bits per heavy atom. The summed E-state index contributed by atoms with van der Waals surface area (Å²) in [6, 6.07) is 6.69. The topological polar surface area (TPSA) is 58.4 Å². The number of pyridine rings is 1. The van der Waals surface area contributed by atoms with Gasteiger partial charge in [0.25, 0.3) is 0 Å². The lowest BCUT2D eigenvalue weighted by molar-refractivity contribution is -0.0497. The predicted molar refractivity (Wildman–Crippen MR) is 80.7 cm³/mol.